The molecule has 132 valence electrons. The van der Waals surface area contributed by atoms with Crippen LogP contribution in [0, 0.1) is 20.2 Å². The van der Waals surface area contributed by atoms with Gasteiger partial charge < -0.3 is 4.74 Å². The lowest BCUT2D eigenvalue weighted by atomic mass is 10.1. The van der Waals surface area contributed by atoms with Gasteiger partial charge in [0, 0.05) is 30.7 Å². The number of nitrogens with zero attached hydrogens (tertiary/aromatic N) is 4. The van der Waals surface area contributed by atoms with Gasteiger partial charge in [0.25, 0.3) is 11.4 Å². The van der Waals surface area contributed by atoms with Crippen molar-refractivity contribution in [1.82, 2.24) is 5.01 Å². The van der Waals surface area contributed by atoms with Crippen molar-refractivity contribution in [3.05, 3.63) is 79.9 Å². The number of amides is 1. The van der Waals surface area contributed by atoms with Gasteiger partial charge in [-0.25, -0.2) is 0 Å². The molecule has 2 aromatic carbocycles. The van der Waals surface area contributed by atoms with E-state index in [4.69, 9.17) is 4.74 Å². The van der Waals surface area contributed by atoms with Crippen LogP contribution in [0.25, 0.3) is 0 Å². The van der Waals surface area contributed by atoms with Crippen molar-refractivity contribution in [3.63, 3.8) is 0 Å². The van der Waals surface area contributed by atoms with Crippen LogP contribution >= 0.6 is 0 Å². The van der Waals surface area contributed by atoms with E-state index >= 15 is 0 Å². The normalized spacial score (nSPS) is 16.0. The van der Waals surface area contributed by atoms with Crippen LogP contribution in [0.2, 0.25) is 0 Å². The van der Waals surface area contributed by atoms with Crippen LogP contribution in [0.15, 0.2) is 53.6 Å². The van der Waals surface area contributed by atoms with Gasteiger partial charge in [-0.05, 0) is 6.07 Å². The second kappa shape index (κ2) is 6.59. The molecule has 0 saturated carbocycles. The number of non-ortho nitro benzene ring substituents is 1. The fraction of sp³-hybridized carbons (Fsp3) is 0.125. The van der Waals surface area contributed by atoms with Crippen LogP contribution in [0.5, 0.6) is 0 Å². The van der Waals surface area contributed by atoms with Crippen LogP contribution in [0.4, 0.5) is 11.4 Å². The molecular weight excluding hydrogens is 344 g/mol. The number of carbonyl (C=O) groups excluding carboxylic acids is 1. The molecule has 0 N–H and O–H groups in total. The molecule has 10 heteroatoms. The maximum atomic E-state index is 11.9. The van der Waals surface area contributed by atoms with Gasteiger partial charge in [-0.15, -0.1) is 5.10 Å². The van der Waals surface area contributed by atoms with Crippen LogP contribution in [0.1, 0.15) is 24.3 Å². The number of benzene rings is 2. The molecule has 26 heavy (non-hydrogen) atoms. The van der Waals surface area contributed by atoms with Gasteiger partial charge in [-0.2, -0.15) is 5.01 Å². The summed E-state index contributed by atoms with van der Waals surface area (Å²) < 4.78 is 5.66. The van der Waals surface area contributed by atoms with Gasteiger partial charge in [0.1, 0.15) is 5.56 Å². The van der Waals surface area contributed by atoms with E-state index in [1.54, 1.807) is 12.1 Å². The van der Waals surface area contributed by atoms with Crippen molar-refractivity contribution in [1.29, 1.82) is 0 Å². The van der Waals surface area contributed by atoms with Crippen LogP contribution < -0.4 is 0 Å². The number of nitro groups is 2. The number of rotatable bonds is 4. The predicted molar refractivity (Wildman–Crippen MR) is 89.1 cm³/mol. The molecule has 1 heterocycles. The summed E-state index contributed by atoms with van der Waals surface area (Å²) >= 11 is 0. The number of hydrazone groups is 1. The first kappa shape index (κ1) is 17.0. The molecule has 10 nitrogen and oxygen atoms in total. The molecule has 0 fully saturated rings. The van der Waals surface area contributed by atoms with Crippen molar-refractivity contribution >= 4 is 23.2 Å². The summed E-state index contributed by atoms with van der Waals surface area (Å²) in [6.45, 7) is 1.25. The Labute approximate surface area is 146 Å². The van der Waals surface area contributed by atoms with Crippen molar-refractivity contribution in [2.45, 2.75) is 13.2 Å². The highest BCUT2D eigenvalue weighted by Gasteiger charge is 2.36. The lowest BCUT2D eigenvalue weighted by Gasteiger charge is -2.19. The minimum Gasteiger partial charge on any atom is -0.445 e. The zero-order chi connectivity index (χ0) is 18.8. The zero-order valence-corrected chi connectivity index (χ0v) is 13.4. The van der Waals surface area contributed by atoms with Gasteiger partial charge in [-0.3, -0.25) is 25.0 Å². The fourth-order valence-corrected chi connectivity index (χ4v) is 2.50. The number of ether oxygens (including phenoxy) is 1. The van der Waals surface area contributed by atoms with E-state index in [2.05, 4.69) is 5.10 Å². The lowest BCUT2D eigenvalue weighted by Crippen LogP contribution is -2.25. The number of hydrogen-bond acceptors (Lipinski definition) is 7. The molecule has 0 aromatic heterocycles. The molecule has 0 saturated heterocycles. The quantitative estimate of drug-likeness (QED) is 0.612. The first-order valence-corrected chi connectivity index (χ1v) is 7.41. The molecular formula is C16H12N4O6. The van der Waals surface area contributed by atoms with E-state index in [0.29, 0.717) is 5.56 Å². The summed E-state index contributed by atoms with van der Waals surface area (Å²) in [5.74, 6) is -0.584. The van der Waals surface area contributed by atoms with E-state index < -0.39 is 22.0 Å². The lowest BCUT2D eigenvalue weighted by molar-refractivity contribution is -0.385. The Morgan fingerprint density at radius 2 is 1.85 bits per heavy atom. The zero-order valence-electron chi connectivity index (χ0n) is 13.4. The van der Waals surface area contributed by atoms with E-state index in [0.717, 1.165) is 5.01 Å². The Morgan fingerprint density at radius 1 is 1.12 bits per heavy atom. The molecule has 3 rings (SSSR count). The van der Waals surface area contributed by atoms with Crippen molar-refractivity contribution in [3.8, 4) is 0 Å². The minimum absolute atomic E-state index is 0.107. The van der Waals surface area contributed by atoms with Gasteiger partial charge in [0.15, 0.2) is 0 Å². The SMILES string of the molecule is CC(=O)N1N=C(c2ccccc2[N+](=O)[O-])O[C@@H]1c1cccc([N+](=O)[O-])c1. The van der Waals surface area contributed by atoms with Gasteiger partial charge in [-0.1, -0.05) is 24.3 Å². The maximum Gasteiger partial charge on any atom is 0.282 e. The van der Waals surface area contributed by atoms with E-state index in [1.165, 1.54) is 43.3 Å². The second-order valence-electron chi connectivity index (χ2n) is 5.37. The number of para-hydroxylation sites is 1. The second-order valence-corrected chi connectivity index (χ2v) is 5.37. The molecule has 0 aliphatic carbocycles. The number of nitro benzene ring substituents is 2. The van der Waals surface area contributed by atoms with E-state index in [-0.39, 0.29) is 22.8 Å². The maximum absolute atomic E-state index is 11.9. The number of hydrogen-bond donors (Lipinski definition) is 0. The third-order valence-corrected chi connectivity index (χ3v) is 3.66. The molecule has 0 spiro atoms. The van der Waals surface area contributed by atoms with Crippen LogP contribution in [0.3, 0.4) is 0 Å². The molecule has 1 amide bonds. The smallest absolute Gasteiger partial charge is 0.282 e. The first-order chi connectivity index (χ1) is 12.4. The molecule has 1 aliphatic heterocycles. The topological polar surface area (TPSA) is 128 Å². The summed E-state index contributed by atoms with van der Waals surface area (Å²) in [6, 6.07) is 11.4. The predicted octanol–water partition coefficient (Wildman–Crippen LogP) is 2.74. The third kappa shape index (κ3) is 3.07. The Balaban J connectivity index is 2.02. The molecule has 0 unspecified atom stereocenters. The van der Waals surface area contributed by atoms with Gasteiger partial charge in [0.2, 0.25) is 18.0 Å². The summed E-state index contributed by atoms with van der Waals surface area (Å²) in [6.07, 6.45) is -1.05. The third-order valence-electron chi connectivity index (χ3n) is 3.66. The molecule has 1 atom stereocenters. The van der Waals surface area contributed by atoms with Crippen molar-refractivity contribution < 1.29 is 19.4 Å². The number of carbonyl (C=O) groups is 1. The van der Waals surface area contributed by atoms with Crippen LogP contribution in [-0.2, 0) is 9.53 Å². The Hall–Kier alpha value is -3.82. The van der Waals surface area contributed by atoms with Gasteiger partial charge >= 0.3 is 0 Å². The van der Waals surface area contributed by atoms with Gasteiger partial charge in [0.05, 0.1) is 9.85 Å². The minimum atomic E-state index is -1.05. The van der Waals surface area contributed by atoms with E-state index in [9.17, 15) is 25.0 Å². The molecule has 0 bridgehead atoms. The highest BCUT2D eigenvalue weighted by molar-refractivity contribution is 5.99. The highest BCUT2D eigenvalue weighted by Crippen LogP contribution is 2.33. The average Bonchev–Trinajstić information content (AvgIpc) is 3.07. The first-order valence-electron chi connectivity index (χ1n) is 7.41. The Bertz CT molecular complexity index is 942. The summed E-state index contributed by atoms with van der Waals surface area (Å²) in [5.41, 5.74) is 0.0339. The van der Waals surface area contributed by atoms with Crippen molar-refractivity contribution in [2.75, 3.05) is 0 Å². The molecule has 1 aliphatic rings. The van der Waals surface area contributed by atoms with Crippen molar-refractivity contribution in [2.24, 2.45) is 5.10 Å². The molecule has 0 radical (unpaired) electrons. The summed E-state index contributed by atoms with van der Waals surface area (Å²) in [5, 5.41) is 27.2. The summed E-state index contributed by atoms with van der Waals surface area (Å²) in [7, 11) is 0. The standard InChI is InChI=1S/C16H12N4O6/c1-10(21)18-16(11-5-4-6-12(9-11)19(22)23)26-15(17-18)13-7-2-3-8-14(13)20(24)25/h2-9,16H,1H3/t16-/m1/s1. The largest absolute Gasteiger partial charge is 0.445 e. The van der Waals surface area contributed by atoms with Crippen LogP contribution in [-0.4, -0.2) is 26.7 Å². The van der Waals surface area contributed by atoms with E-state index in [1.807, 2.05) is 0 Å². The Morgan fingerprint density at radius 3 is 2.50 bits per heavy atom. The summed E-state index contributed by atoms with van der Waals surface area (Å²) in [4.78, 5) is 32.9. The molecule has 2 aromatic rings. The average molecular weight is 356 g/mol. The fourth-order valence-electron chi connectivity index (χ4n) is 2.50. The monoisotopic (exact) mass is 356 g/mol. The Kier molecular flexibility index (Phi) is 4.31. The highest BCUT2D eigenvalue weighted by atomic mass is 16.6.